The molecule has 3 rings (SSSR count). The van der Waals surface area contributed by atoms with Crippen LogP contribution in [0.5, 0.6) is 0 Å². The fourth-order valence-corrected chi connectivity index (χ4v) is 3.54. The summed E-state index contributed by atoms with van der Waals surface area (Å²) in [6, 6.07) is 0. The summed E-state index contributed by atoms with van der Waals surface area (Å²) in [6.07, 6.45) is -2.51. The molecule has 0 unspecified atom stereocenters. The Bertz CT molecular complexity index is 795. The molecule has 3 heterocycles. The van der Waals surface area contributed by atoms with Crippen molar-refractivity contribution in [2.75, 3.05) is 25.0 Å². The molecule has 136 valence electrons. The number of imidazole rings is 1. The van der Waals surface area contributed by atoms with Crippen LogP contribution in [0.2, 0.25) is 0 Å². The van der Waals surface area contributed by atoms with Gasteiger partial charge in [0.2, 0.25) is 5.82 Å². The Morgan fingerprint density at radius 1 is 1.44 bits per heavy atom. The molecule has 1 fully saturated rings. The van der Waals surface area contributed by atoms with Crippen LogP contribution in [0.1, 0.15) is 12.8 Å². The van der Waals surface area contributed by atoms with Crippen LogP contribution >= 0.6 is 11.3 Å². The van der Waals surface area contributed by atoms with E-state index in [0.717, 1.165) is 4.90 Å². The van der Waals surface area contributed by atoms with E-state index >= 15 is 0 Å². The number of anilines is 1. The number of halogens is 3. The average molecular weight is 377 g/mol. The van der Waals surface area contributed by atoms with Gasteiger partial charge in [0.25, 0.3) is 4.96 Å². The molecule has 0 saturated carbocycles. The van der Waals surface area contributed by atoms with Gasteiger partial charge in [0.1, 0.15) is 6.20 Å². The number of hydrogen-bond acceptors (Lipinski definition) is 6. The summed E-state index contributed by atoms with van der Waals surface area (Å²) < 4.78 is 38.6. The number of nitrogens with one attached hydrogen (secondary N) is 1. The lowest BCUT2D eigenvalue weighted by Crippen LogP contribution is -2.46. The van der Waals surface area contributed by atoms with Crippen LogP contribution in [0.3, 0.4) is 0 Å². The SMILES string of the molecule is O=C(N1CCC(CNc2nc3sccn3c2[N+](=O)[O-])CC1)C(F)(F)F. The van der Waals surface area contributed by atoms with E-state index in [0.29, 0.717) is 24.3 Å². The van der Waals surface area contributed by atoms with E-state index in [1.807, 2.05) is 0 Å². The quantitative estimate of drug-likeness (QED) is 0.653. The van der Waals surface area contributed by atoms with E-state index in [4.69, 9.17) is 0 Å². The van der Waals surface area contributed by atoms with Crippen molar-refractivity contribution in [2.24, 2.45) is 5.92 Å². The molecule has 2 aromatic heterocycles. The summed E-state index contributed by atoms with van der Waals surface area (Å²) in [7, 11) is 0. The van der Waals surface area contributed by atoms with Crippen LogP contribution < -0.4 is 5.32 Å². The molecule has 0 atom stereocenters. The van der Waals surface area contributed by atoms with E-state index in [1.54, 1.807) is 11.6 Å². The van der Waals surface area contributed by atoms with E-state index in [9.17, 15) is 28.1 Å². The van der Waals surface area contributed by atoms with Gasteiger partial charge in [-0.25, -0.2) is 0 Å². The standard InChI is InChI=1S/C13H14F3N5O3S/c14-13(15,16)11(22)19-3-1-8(2-4-19)7-17-9-10(21(23)24)20-5-6-25-12(20)18-9/h5-6,8,17H,1-4,7H2. The van der Waals surface area contributed by atoms with Gasteiger partial charge in [-0.15, -0.1) is 0 Å². The van der Waals surface area contributed by atoms with Gasteiger partial charge in [-0.2, -0.15) is 22.6 Å². The van der Waals surface area contributed by atoms with Crippen molar-refractivity contribution in [1.29, 1.82) is 0 Å². The second-order valence-electron chi connectivity index (χ2n) is 5.71. The lowest BCUT2D eigenvalue weighted by atomic mass is 9.96. The van der Waals surface area contributed by atoms with Crippen molar-refractivity contribution < 1.29 is 22.9 Å². The molecular weight excluding hydrogens is 363 g/mol. The first-order valence-corrected chi connectivity index (χ1v) is 8.35. The summed E-state index contributed by atoms with van der Waals surface area (Å²) in [5.41, 5.74) is 0. The first kappa shape index (κ1) is 17.5. The van der Waals surface area contributed by atoms with E-state index < -0.39 is 17.0 Å². The molecule has 1 N–H and O–H groups in total. The minimum absolute atomic E-state index is 0.0108. The molecule has 1 aliphatic rings. The molecule has 0 aliphatic carbocycles. The normalized spacial score (nSPS) is 16.4. The molecule has 1 aliphatic heterocycles. The van der Waals surface area contributed by atoms with Gasteiger partial charge in [-0.3, -0.25) is 4.79 Å². The fraction of sp³-hybridized carbons (Fsp3) is 0.538. The smallest absolute Gasteiger partial charge is 0.363 e. The number of alkyl halides is 3. The molecule has 8 nitrogen and oxygen atoms in total. The molecule has 0 spiro atoms. The van der Waals surface area contributed by atoms with Crippen LogP contribution in [0.4, 0.5) is 24.8 Å². The summed E-state index contributed by atoms with van der Waals surface area (Å²) >= 11 is 1.26. The van der Waals surface area contributed by atoms with Crippen molar-refractivity contribution in [3.8, 4) is 0 Å². The Morgan fingerprint density at radius 2 is 2.12 bits per heavy atom. The summed E-state index contributed by atoms with van der Waals surface area (Å²) in [4.78, 5) is 27.3. The Labute approximate surface area is 143 Å². The number of nitro groups is 1. The second-order valence-corrected chi connectivity index (χ2v) is 6.58. The third-order valence-corrected chi connectivity index (χ3v) is 4.87. The van der Waals surface area contributed by atoms with Gasteiger partial charge in [-0.1, -0.05) is 11.3 Å². The first-order valence-electron chi connectivity index (χ1n) is 7.47. The minimum Gasteiger partial charge on any atom is -0.363 e. The van der Waals surface area contributed by atoms with Crippen molar-refractivity contribution in [1.82, 2.24) is 14.3 Å². The maximum atomic E-state index is 12.4. The van der Waals surface area contributed by atoms with Crippen LogP contribution in [0, 0.1) is 16.0 Å². The topological polar surface area (TPSA) is 92.8 Å². The highest BCUT2D eigenvalue weighted by Gasteiger charge is 2.43. The maximum absolute atomic E-state index is 12.4. The molecule has 0 bridgehead atoms. The number of piperidine rings is 1. The highest BCUT2D eigenvalue weighted by molar-refractivity contribution is 7.15. The minimum atomic E-state index is -4.85. The number of carbonyl (C=O) groups is 1. The monoisotopic (exact) mass is 377 g/mol. The molecule has 1 saturated heterocycles. The number of rotatable bonds is 4. The number of aromatic nitrogens is 2. The zero-order valence-corrected chi connectivity index (χ0v) is 13.6. The van der Waals surface area contributed by atoms with Gasteiger partial charge in [-0.05, 0) is 23.7 Å². The highest BCUT2D eigenvalue weighted by atomic mass is 32.1. The summed E-state index contributed by atoms with van der Waals surface area (Å²) in [5.74, 6) is -1.83. The van der Waals surface area contributed by atoms with Crippen molar-refractivity contribution in [2.45, 2.75) is 19.0 Å². The second kappa shape index (κ2) is 6.50. The zero-order valence-electron chi connectivity index (χ0n) is 12.8. The highest BCUT2D eigenvalue weighted by Crippen LogP contribution is 2.29. The molecule has 0 aromatic carbocycles. The number of hydrogen-bond donors (Lipinski definition) is 1. The van der Waals surface area contributed by atoms with Crippen molar-refractivity contribution in [3.63, 3.8) is 0 Å². The van der Waals surface area contributed by atoms with Crippen LogP contribution in [-0.4, -0.2) is 50.9 Å². The van der Waals surface area contributed by atoms with Gasteiger partial charge < -0.3 is 20.3 Å². The Morgan fingerprint density at radius 3 is 2.72 bits per heavy atom. The number of nitrogens with zero attached hydrogens (tertiary/aromatic N) is 4. The molecule has 12 heteroatoms. The molecular formula is C13H14F3N5O3S. The molecule has 0 radical (unpaired) electrons. The Hall–Kier alpha value is -2.37. The predicted octanol–water partition coefficient (Wildman–Crippen LogP) is 2.52. The van der Waals surface area contributed by atoms with Crippen LogP contribution in [0.15, 0.2) is 11.6 Å². The molecule has 25 heavy (non-hydrogen) atoms. The summed E-state index contributed by atoms with van der Waals surface area (Å²) in [6.45, 7) is 0.385. The predicted molar refractivity (Wildman–Crippen MR) is 83.6 cm³/mol. The fourth-order valence-electron chi connectivity index (χ4n) is 2.83. The number of thiazole rings is 1. The largest absolute Gasteiger partial charge is 0.471 e. The first-order chi connectivity index (χ1) is 11.8. The third kappa shape index (κ3) is 3.52. The lowest BCUT2D eigenvalue weighted by molar-refractivity contribution is -0.389. The van der Waals surface area contributed by atoms with Gasteiger partial charge in [0.15, 0.2) is 0 Å². The van der Waals surface area contributed by atoms with Crippen molar-refractivity contribution >= 4 is 33.8 Å². The van der Waals surface area contributed by atoms with Gasteiger partial charge >= 0.3 is 17.9 Å². The Balaban J connectivity index is 1.59. The number of likely N-dealkylation sites (tertiary alicyclic amines) is 1. The van der Waals surface area contributed by atoms with E-state index in [1.165, 1.54) is 15.7 Å². The molecule has 2 aromatic rings. The number of amides is 1. The zero-order chi connectivity index (χ0) is 18.2. The molecule has 1 amide bonds. The van der Waals surface area contributed by atoms with Gasteiger partial charge in [0.05, 0.1) is 0 Å². The Kier molecular flexibility index (Phi) is 4.54. The van der Waals surface area contributed by atoms with Crippen LogP contribution in [0.25, 0.3) is 4.96 Å². The van der Waals surface area contributed by atoms with E-state index in [-0.39, 0.29) is 30.6 Å². The summed E-state index contributed by atoms with van der Waals surface area (Å²) in [5, 5.41) is 15.8. The van der Waals surface area contributed by atoms with Crippen molar-refractivity contribution in [3.05, 3.63) is 21.7 Å². The van der Waals surface area contributed by atoms with Crippen LogP contribution in [-0.2, 0) is 4.79 Å². The third-order valence-electron chi connectivity index (χ3n) is 4.11. The average Bonchev–Trinajstić information content (AvgIpc) is 3.11. The lowest BCUT2D eigenvalue weighted by Gasteiger charge is -2.32. The number of fused-ring (bicyclic) bond motifs is 1. The van der Waals surface area contributed by atoms with Gasteiger partial charge in [0, 0.05) is 25.0 Å². The maximum Gasteiger partial charge on any atom is 0.471 e. The number of carbonyl (C=O) groups excluding carboxylic acids is 1. The van der Waals surface area contributed by atoms with E-state index in [2.05, 4.69) is 10.3 Å².